The van der Waals surface area contributed by atoms with Crippen molar-refractivity contribution in [3.63, 3.8) is 0 Å². The number of thiocarbonyl (C=S) groups is 1. The second kappa shape index (κ2) is 10.3. The first kappa shape index (κ1) is 16.6. The highest BCUT2D eigenvalue weighted by molar-refractivity contribution is 7.80. The molecule has 5 heteroatoms. The van der Waals surface area contributed by atoms with Gasteiger partial charge < -0.3 is 5.32 Å². The molecular weight excluding hydrogens is 268 g/mol. The number of aromatic nitrogens is 1. The molecule has 0 aliphatic rings. The van der Waals surface area contributed by atoms with E-state index in [4.69, 9.17) is 12.2 Å². The summed E-state index contributed by atoms with van der Waals surface area (Å²) in [5.74, 6) is 0.628. The van der Waals surface area contributed by atoms with E-state index in [1.165, 1.54) is 25.7 Å². The summed E-state index contributed by atoms with van der Waals surface area (Å²) in [7, 11) is 0. The van der Waals surface area contributed by atoms with E-state index in [-0.39, 0.29) is 0 Å². The van der Waals surface area contributed by atoms with Crippen LogP contribution < -0.4 is 10.7 Å². The Kier molecular flexibility index (Phi) is 8.54. The van der Waals surface area contributed by atoms with Crippen molar-refractivity contribution in [1.82, 2.24) is 15.7 Å². The van der Waals surface area contributed by atoms with Gasteiger partial charge in [-0.2, -0.15) is 5.10 Å². The summed E-state index contributed by atoms with van der Waals surface area (Å²) in [6.45, 7) is 5.35. The molecule has 1 aromatic rings. The first-order chi connectivity index (χ1) is 9.72. The fraction of sp³-hybridized carbons (Fsp3) is 0.533. The number of hydrogen-bond donors (Lipinski definition) is 2. The monoisotopic (exact) mass is 292 g/mol. The lowest BCUT2D eigenvalue weighted by molar-refractivity contribution is 0.487. The Morgan fingerprint density at radius 1 is 1.50 bits per heavy atom. The highest BCUT2D eigenvalue weighted by Crippen LogP contribution is 2.07. The number of hydrogen-bond acceptors (Lipinski definition) is 3. The smallest absolute Gasteiger partial charge is 0.186 e. The minimum absolute atomic E-state index is 0.562. The molecule has 0 saturated carbocycles. The van der Waals surface area contributed by atoms with Crippen LogP contribution in [0, 0.1) is 5.92 Å². The average molecular weight is 292 g/mol. The quantitative estimate of drug-likeness (QED) is 0.334. The van der Waals surface area contributed by atoms with Gasteiger partial charge in [-0.05, 0) is 30.6 Å². The van der Waals surface area contributed by atoms with Gasteiger partial charge in [0, 0.05) is 24.5 Å². The molecule has 0 unspecified atom stereocenters. The number of pyridine rings is 1. The van der Waals surface area contributed by atoms with Gasteiger partial charge in [-0.15, -0.1) is 0 Å². The maximum absolute atomic E-state index is 5.17. The van der Waals surface area contributed by atoms with Gasteiger partial charge in [0.1, 0.15) is 0 Å². The highest BCUT2D eigenvalue weighted by Gasteiger charge is 2.02. The fourth-order valence-corrected chi connectivity index (χ4v) is 1.91. The van der Waals surface area contributed by atoms with E-state index in [9.17, 15) is 0 Å². The molecule has 0 aromatic carbocycles. The molecule has 1 rings (SSSR count). The lowest BCUT2D eigenvalue weighted by Crippen LogP contribution is -2.35. The van der Waals surface area contributed by atoms with Crippen molar-refractivity contribution in [3.05, 3.63) is 30.1 Å². The van der Waals surface area contributed by atoms with Crippen molar-refractivity contribution in [1.29, 1.82) is 0 Å². The minimum Gasteiger partial charge on any atom is -0.361 e. The maximum Gasteiger partial charge on any atom is 0.186 e. The summed E-state index contributed by atoms with van der Waals surface area (Å²) in [6, 6.07) is 3.81. The highest BCUT2D eigenvalue weighted by atomic mass is 32.1. The Morgan fingerprint density at radius 3 is 3.05 bits per heavy atom. The number of hydrazone groups is 1. The molecule has 0 fully saturated rings. The van der Waals surface area contributed by atoms with Gasteiger partial charge in [0.05, 0.1) is 6.21 Å². The Bertz CT molecular complexity index is 406. The van der Waals surface area contributed by atoms with Crippen LogP contribution in [0.5, 0.6) is 0 Å². The SMILES string of the molecule is CCCCC[C@@H](C)CNC(=S)N/N=C\c1cccnc1. The van der Waals surface area contributed by atoms with Gasteiger partial charge in [0.15, 0.2) is 5.11 Å². The zero-order valence-electron chi connectivity index (χ0n) is 12.3. The third-order valence-electron chi connectivity index (χ3n) is 2.98. The summed E-state index contributed by atoms with van der Waals surface area (Å²) in [5.41, 5.74) is 3.76. The van der Waals surface area contributed by atoms with Crippen molar-refractivity contribution >= 4 is 23.5 Å². The molecule has 4 nitrogen and oxygen atoms in total. The molecule has 0 bridgehead atoms. The van der Waals surface area contributed by atoms with E-state index >= 15 is 0 Å². The first-order valence-electron chi connectivity index (χ1n) is 7.19. The number of nitrogens with one attached hydrogen (secondary N) is 2. The lowest BCUT2D eigenvalue weighted by atomic mass is 10.0. The molecule has 0 spiro atoms. The van der Waals surface area contributed by atoms with E-state index in [0.29, 0.717) is 11.0 Å². The van der Waals surface area contributed by atoms with Gasteiger partial charge in [0.2, 0.25) is 0 Å². The van der Waals surface area contributed by atoms with E-state index in [0.717, 1.165) is 12.1 Å². The van der Waals surface area contributed by atoms with Crippen molar-refractivity contribution in [2.75, 3.05) is 6.54 Å². The lowest BCUT2D eigenvalue weighted by Gasteiger charge is -2.13. The second-order valence-corrected chi connectivity index (χ2v) is 5.38. The number of unbranched alkanes of at least 4 members (excludes halogenated alkanes) is 2. The number of rotatable bonds is 8. The average Bonchev–Trinajstić information content (AvgIpc) is 2.46. The standard InChI is InChI=1S/C15H24N4S/c1-3-4-5-7-13(2)10-17-15(20)19-18-12-14-8-6-9-16-11-14/h6,8-9,11-13H,3-5,7,10H2,1-2H3,(H2,17,19,20)/b18-12-/t13-/m1/s1. The van der Waals surface area contributed by atoms with Crippen LogP contribution in [0.1, 0.15) is 45.1 Å². The van der Waals surface area contributed by atoms with Gasteiger partial charge in [-0.3, -0.25) is 10.4 Å². The first-order valence-corrected chi connectivity index (χ1v) is 7.60. The van der Waals surface area contributed by atoms with E-state index in [2.05, 4.69) is 34.7 Å². The zero-order valence-corrected chi connectivity index (χ0v) is 13.1. The van der Waals surface area contributed by atoms with Crippen LogP contribution in [0.2, 0.25) is 0 Å². The van der Waals surface area contributed by atoms with Crippen LogP contribution in [-0.4, -0.2) is 22.9 Å². The normalized spacial score (nSPS) is 12.3. The van der Waals surface area contributed by atoms with Gasteiger partial charge in [-0.25, -0.2) is 0 Å². The van der Waals surface area contributed by atoms with Crippen molar-refractivity contribution in [2.24, 2.45) is 11.0 Å². The zero-order chi connectivity index (χ0) is 14.6. The fourth-order valence-electron chi connectivity index (χ4n) is 1.77. The molecule has 0 radical (unpaired) electrons. The van der Waals surface area contributed by atoms with E-state index in [1.807, 2.05) is 12.1 Å². The van der Waals surface area contributed by atoms with Crippen LogP contribution in [0.3, 0.4) is 0 Å². The molecule has 1 aromatic heterocycles. The molecule has 1 atom stereocenters. The Balaban J connectivity index is 2.15. The second-order valence-electron chi connectivity index (χ2n) is 4.97. The molecule has 1 heterocycles. The van der Waals surface area contributed by atoms with Crippen molar-refractivity contribution in [2.45, 2.75) is 39.5 Å². The molecule has 110 valence electrons. The molecule has 0 amide bonds. The minimum atomic E-state index is 0.562. The summed E-state index contributed by atoms with van der Waals surface area (Å²) in [6.07, 6.45) is 10.3. The maximum atomic E-state index is 5.17. The number of nitrogens with zero attached hydrogens (tertiary/aromatic N) is 2. The third-order valence-corrected chi connectivity index (χ3v) is 3.21. The Morgan fingerprint density at radius 2 is 2.35 bits per heavy atom. The third kappa shape index (κ3) is 7.84. The van der Waals surface area contributed by atoms with Crippen LogP contribution in [0.4, 0.5) is 0 Å². The van der Waals surface area contributed by atoms with Crippen molar-refractivity contribution in [3.8, 4) is 0 Å². The van der Waals surface area contributed by atoms with Crippen LogP contribution >= 0.6 is 12.2 Å². The van der Waals surface area contributed by atoms with Crippen LogP contribution in [0.25, 0.3) is 0 Å². The molecule has 20 heavy (non-hydrogen) atoms. The molecule has 0 saturated heterocycles. The molecule has 0 aliphatic heterocycles. The van der Waals surface area contributed by atoms with Crippen LogP contribution in [0.15, 0.2) is 29.6 Å². The summed E-state index contributed by atoms with van der Waals surface area (Å²) in [5, 5.41) is 7.83. The molecular formula is C15H24N4S. The van der Waals surface area contributed by atoms with Crippen LogP contribution in [-0.2, 0) is 0 Å². The largest absolute Gasteiger partial charge is 0.361 e. The van der Waals surface area contributed by atoms with Crippen molar-refractivity contribution < 1.29 is 0 Å². The summed E-state index contributed by atoms with van der Waals surface area (Å²) < 4.78 is 0. The Labute approximate surface area is 127 Å². The summed E-state index contributed by atoms with van der Waals surface area (Å²) in [4.78, 5) is 4.01. The molecule has 0 aliphatic carbocycles. The summed E-state index contributed by atoms with van der Waals surface area (Å²) >= 11 is 5.17. The van der Waals surface area contributed by atoms with Gasteiger partial charge in [-0.1, -0.05) is 39.2 Å². The predicted octanol–water partition coefficient (Wildman–Crippen LogP) is 3.10. The van der Waals surface area contributed by atoms with Gasteiger partial charge >= 0.3 is 0 Å². The Hall–Kier alpha value is -1.49. The van der Waals surface area contributed by atoms with E-state index in [1.54, 1.807) is 18.6 Å². The topological polar surface area (TPSA) is 49.3 Å². The van der Waals surface area contributed by atoms with E-state index < -0.39 is 0 Å². The molecule has 2 N–H and O–H groups in total. The van der Waals surface area contributed by atoms with Gasteiger partial charge in [0.25, 0.3) is 0 Å². The predicted molar refractivity (Wildman–Crippen MR) is 88.9 cm³/mol.